The third-order valence-electron chi connectivity index (χ3n) is 3.06. The molecule has 0 heterocycles. The van der Waals surface area contributed by atoms with Crippen molar-refractivity contribution in [3.8, 4) is 5.75 Å². The van der Waals surface area contributed by atoms with Crippen molar-refractivity contribution in [1.29, 1.82) is 0 Å². The number of rotatable bonds is 6. The number of hydrogen-bond donors (Lipinski definition) is 1. The van der Waals surface area contributed by atoms with E-state index < -0.39 is 15.8 Å². The summed E-state index contributed by atoms with van der Waals surface area (Å²) < 4.78 is 45.6. The summed E-state index contributed by atoms with van der Waals surface area (Å²) in [7, 11) is -3.87. The quantitative estimate of drug-likeness (QED) is 0.822. The number of Topliss-reactive ketones (excluding diaryl/α,β-unsaturated/α-hetero) is 1. The second-order valence-corrected chi connectivity index (χ2v) is 6.45. The summed E-state index contributed by atoms with van der Waals surface area (Å²) in [5, 5.41) is 0. The first-order chi connectivity index (χ1) is 10.8. The number of carbonyl (C=O) groups excluding carboxylic acids is 1. The van der Waals surface area contributed by atoms with Gasteiger partial charge in [0.25, 0.3) is 10.0 Å². The van der Waals surface area contributed by atoms with Crippen molar-refractivity contribution in [2.75, 3.05) is 11.3 Å². The Hall–Kier alpha value is -2.41. The largest absolute Gasteiger partial charge is 0.491 e. The molecule has 5 nitrogen and oxygen atoms in total. The Kier molecular flexibility index (Phi) is 5.00. The van der Waals surface area contributed by atoms with E-state index in [1.807, 2.05) is 0 Å². The van der Waals surface area contributed by atoms with Crippen molar-refractivity contribution in [1.82, 2.24) is 0 Å². The van der Waals surface area contributed by atoms with Gasteiger partial charge in [-0.05, 0) is 38.1 Å². The number of halogens is 1. The third kappa shape index (κ3) is 4.07. The molecular formula is C16H16FNO4S. The van der Waals surface area contributed by atoms with Gasteiger partial charge in [-0.15, -0.1) is 0 Å². The molecule has 0 unspecified atom stereocenters. The maximum absolute atomic E-state index is 13.8. The maximum Gasteiger partial charge on any atom is 0.261 e. The van der Waals surface area contributed by atoms with Gasteiger partial charge in [0, 0.05) is 11.6 Å². The number of ether oxygens (including phenoxy) is 1. The zero-order chi connectivity index (χ0) is 17.0. The molecule has 0 aliphatic rings. The van der Waals surface area contributed by atoms with Crippen molar-refractivity contribution >= 4 is 21.5 Å². The first-order valence-electron chi connectivity index (χ1n) is 6.89. The summed E-state index contributed by atoms with van der Waals surface area (Å²) in [5.41, 5.74) is 0.498. The van der Waals surface area contributed by atoms with Gasteiger partial charge in [-0.25, -0.2) is 12.8 Å². The van der Waals surface area contributed by atoms with Crippen LogP contribution in [0.15, 0.2) is 47.4 Å². The van der Waals surface area contributed by atoms with Crippen LogP contribution in [0.2, 0.25) is 0 Å². The SMILES string of the molecule is CCOc1ccc(NS(=O)(=O)c2ccc(C(C)=O)cc2)cc1F. The summed E-state index contributed by atoms with van der Waals surface area (Å²) >= 11 is 0. The zero-order valence-corrected chi connectivity index (χ0v) is 13.5. The first-order valence-corrected chi connectivity index (χ1v) is 8.38. The van der Waals surface area contributed by atoms with Crippen LogP contribution >= 0.6 is 0 Å². The molecule has 1 N–H and O–H groups in total. The molecule has 2 aromatic rings. The number of carbonyl (C=O) groups is 1. The minimum atomic E-state index is -3.87. The van der Waals surface area contributed by atoms with Crippen molar-refractivity contribution in [2.45, 2.75) is 18.7 Å². The minimum absolute atomic E-state index is 0.0169. The topological polar surface area (TPSA) is 72.5 Å². The first kappa shape index (κ1) is 17.0. The zero-order valence-electron chi connectivity index (χ0n) is 12.7. The maximum atomic E-state index is 13.8. The molecule has 7 heteroatoms. The fourth-order valence-corrected chi connectivity index (χ4v) is 2.97. The molecule has 0 bridgehead atoms. The lowest BCUT2D eigenvalue weighted by Gasteiger charge is -2.10. The summed E-state index contributed by atoms with van der Waals surface area (Å²) in [5.74, 6) is -0.754. The molecule has 0 aliphatic heterocycles. The second-order valence-electron chi connectivity index (χ2n) is 4.76. The molecule has 2 rings (SSSR count). The van der Waals surface area contributed by atoms with Crippen LogP contribution in [0.3, 0.4) is 0 Å². The molecular weight excluding hydrogens is 321 g/mol. The van der Waals surface area contributed by atoms with Gasteiger partial charge in [0.15, 0.2) is 17.3 Å². The van der Waals surface area contributed by atoms with Crippen LogP contribution in [0.4, 0.5) is 10.1 Å². The summed E-state index contributed by atoms with van der Waals surface area (Å²) in [6, 6.07) is 9.32. The molecule has 2 aromatic carbocycles. The van der Waals surface area contributed by atoms with E-state index in [1.54, 1.807) is 6.92 Å². The Morgan fingerprint density at radius 3 is 2.35 bits per heavy atom. The fourth-order valence-electron chi connectivity index (χ4n) is 1.92. The van der Waals surface area contributed by atoms with Gasteiger partial charge in [0.2, 0.25) is 0 Å². The van der Waals surface area contributed by atoms with Gasteiger partial charge < -0.3 is 4.74 Å². The normalized spacial score (nSPS) is 11.1. The predicted octanol–water partition coefficient (Wildman–Crippen LogP) is 3.23. The molecule has 0 saturated heterocycles. The van der Waals surface area contributed by atoms with Gasteiger partial charge in [-0.2, -0.15) is 0 Å². The van der Waals surface area contributed by atoms with Crippen molar-refractivity contribution in [3.05, 3.63) is 53.8 Å². The Balaban J connectivity index is 2.24. The van der Waals surface area contributed by atoms with E-state index in [-0.39, 0.29) is 22.1 Å². The number of anilines is 1. The van der Waals surface area contributed by atoms with Crippen LogP contribution in [-0.4, -0.2) is 20.8 Å². The standard InChI is InChI=1S/C16H16FNO4S/c1-3-22-16-9-6-13(10-15(16)17)18-23(20,21)14-7-4-12(5-8-14)11(2)19/h4-10,18H,3H2,1-2H3. The average Bonchev–Trinajstić information content (AvgIpc) is 2.50. The summed E-state index contributed by atoms with van der Waals surface area (Å²) in [4.78, 5) is 11.2. The Labute approximate surface area is 134 Å². The van der Waals surface area contributed by atoms with Crippen molar-refractivity contribution in [2.24, 2.45) is 0 Å². The fraction of sp³-hybridized carbons (Fsp3) is 0.188. The molecule has 0 atom stereocenters. The Morgan fingerprint density at radius 1 is 1.17 bits per heavy atom. The Morgan fingerprint density at radius 2 is 1.83 bits per heavy atom. The second kappa shape index (κ2) is 6.78. The van der Waals surface area contributed by atoms with Crippen LogP contribution in [0.1, 0.15) is 24.2 Å². The van der Waals surface area contributed by atoms with Crippen LogP contribution in [0.25, 0.3) is 0 Å². The van der Waals surface area contributed by atoms with Crippen molar-refractivity contribution < 1.29 is 22.3 Å². The number of benzene rings is 2. The molecule has 23 heavy (non-hydrogen) atoms. The lowest BCUT2D eigenvalue weighted by molar-refractivity contribution is 0.101. The monoisotopic (exact) mass is 337 g/mol. The van der Waals surface area contributed by atoms with E-state index in [9.17, 15) is 17.6 Å². The highest BCUT2D eigenvalue weighted by Crippen LogP contribution is 2.23. The third-order valence-corrected chi connectivity index (χ3v) is 4.45. The summed E-state index contributed by atoms with van der Waals surface area (Å²) in [6.45, 7) is 3.43. The molecule has 0 fully saturated rings. The molecule has 0 radical (unpaired) electrons. The molecule has 0 amide bonds. The number of hydrogen-bond acceptors (Lipinski definition) is 4. The van der Waals surface area contributed by atoms with Gasteiger partial charge in [-0.1, -0.05) is 12.1 Å². The number of nitrogens with one attached hydrogen (secondary N) is 1. The van der Waals surface area contributed by atoms with E-state index in [1.165, 1.54) is 43.3 Å². The molecule has 0 spiro atoms. The van der Waals surface area contributed by atoms with Gasteiger partial charge in [0.1, 0.15) is 0 Å². The minimum Gasteiger partial charge on any atom is -0.491 e. The highest BCUT2D eigenvalue weighted by atomic mass is 32.2. The smallest absolute Gasteiger partial charge is 0.261 e. The molecule has 0 aliphatic carbocycles. The van der Waals surface area contributed by atoms with Crippen LogP contribution < -0.4 is 9.46 Å². The summed E-state index contributed by atoms with van der Waals surface area (Å²) in [6.07, 6.45) is 0. The number of sulfonamides is 1. The van der Waals surface area contributed by atoms with Gasteiger partial charge in [0.05, 0.1) is 17.2 Å². The van der Waals surface area contributed by atoms with Crippen LogP contribution in [0, 0.1) is 5.82 Å². The van der Waals surface area contributed by atoms with Crippen molar-refractivity contribution in [3.63, 3.8) is 0 Å². The lowest BCUT2D eigenvalue weighted by Crippen LogP contribution is -2.13. The van der Waals surface area contributed by atoms with Crippen LogP contribution in [0.5, 0.6) is 5.75 Å². The van der Waals surface area contributed by atoms with E-state index in [0.717, 1.165) is 6.07 Å². The van der Waals surface area contributed by atoms with E-state index in [4.69, 9.17) is 4.74 Å². The van der Waals surface area contributed by atoms with Crippen LogP contribution in [-0.2, 0) is 10.0 Å². The predicted molar refractivity (Wildman–Crippen MR) is 84.8 cm³/mol. The molecule has 0 saturated carbocycles. The van der Waals surface area contributed by atoms with Gasteiger partial charge >= 0.3 is 0 Å². The van der Waals surface area contributed by atoms with E-state index in [2.05, 4.69) is 4.72 Å². The van der Waals surface area contributed by atoms with E-state index in [0.29, 0.717) is 12.2 Å². The molecule has 122 valence electrons. The highest BCUT2D eigenvalue weighted by molar-refractivity contribution is 7.92. The Bertz CT molecular complexity index is 816. The molecule has 0 aromatic heterocycles. The number of ketones is 1. The van der Waals surface area contributed by atoms with Gasteiger partial charge in [-0.3, -0.25) is 9.52 Å². The van der Waals surface area contributed by atoms with E-state index >= 15 is 0 Å². The average molecular weight is 337 g/mol. The highest BCUT2D eigenvalue weighted by Gasteiger charge is 2.15. The lowest BCUT2D eigenvalue weighted by atomic mass is 10.2.